The maximum absolute atomic E-state index is 10.7. The molecule has 86 valence electrons. The fraction of sp³-hybridized carbons (Fsp3) is 0.100. The molecule has 0 radical (unpaired) electrons. The molecule has 0 saturated carbocycles. The summed E-state index contributed by atoms with van der Waals surface area (Å²) in [4.78, 5) is 13.2. The largest absolute Gasteiger partial charge is 0.507 e. The van der Waals surface area contributed by atoms with Crippen LogP contribution in [0.25, 0.3) is 10.4 Å². The number of phenolic OH excluding ortho intramolecular Hbond substituents is 1. The van der Waals surface area contributed by atoms with Crippen LogP contribution < -0.4 is 0 Å². The van der Waals surface area contributed by atoms with Gasteiger partial charge in [0, 0.05) is 11.0 Å². The zero-order valence-corrected chi connectivity index (χ0v) is 8.45. The third-order valence-electron chi connectivity index (χ3n) is 1.78. The van der Waals surface area contributed by atoms with Crippen molar-refractivity contribution in [1.29, 1.82) is 0 Å². The van der Waals surface area contributed by atoms with Gasteiger partial charge in [0.25, 0.3) is 0 Å². The van der Waals surface area contributed by atoms with Gasteiger partial charge in [-0.3, -0.25) is 0 Å². The molecule has 0 atom stereocenters. The third-order valence-corrected chi connectivity index (χ3v) is 1.78. The molecule has 0 unspecified atom stereocenters. The van der Waals surface area contributed by atoms with E-state index in [4.69, 9.17) is 10.6 Å². The van der Waals surface area contributed by atoms with Crippen LogP contribution in [0.15, 0.2) is 17.2 Å². The van der Waals surface area contributed by atoms with Gasteiger partial charge in [0.05, 0.1) is 12.1 Å². The van der Waals surface area contributed by atoms with E-state index in [1.54, 1.807) is 0 Å². The highest BCUT2D eigenvalue weighted by molar-refractivity contribution is 5.91. The molecule has 0 aliphatic heterocycles. The average Bonchev–Trinajstić information content (AvgIpc) is 2.26. The van der Waals surface area contributed by atoms with E-state index in [1.807, 2.05) is 0 Å². The van der Waals surface area contributed by atoms with E-state index in [1.165, 1.54) is 0 Å². The molecule has 7 heteroatoms. The summed E-state index contributed by atoms with van der Waals surface area (Å²) in [6, 6.07) is 1.93. The van der Waals surface area contributed by atoms with Gasteiger partial charge in [-0.05, 0) is 11.6 Å². The summed E-state index contributed by atoms with van der Waals surface area (Å²) in [7, 11) is 0. The molecule has 17 heavy (non-hydrogen) atoms. The molecule has 0 spiro atoms. The van der Waals surface area contributed by atoms with Gasteiger partial charge in [-0.1, -0.05) is 17.0 Å². The number of hydrogen-bond acceptors (Lipinski definition) is 4. The number of carboxylic acid groups (broad SMARTS) is 1. The molecule has 1 aromatic carbocycles. The number of carboxylic acids is 1. The Morgan fingerprint density at radius 3 is 2.71 bits per heavy atom. The number of azide groups is 1. The SMILES string of the molecule is [N-]=[N+]=NCC#Cc1cc(C(=O)O)c(O)cc1O. The maximum Gasteiger partial charge on any atom is 0.339 e. The van der Waals surface area contributed by atoms with E-state index in [2.05, 4.69) is 21.9 Å². The number of nitrogens with zero attached hydrogens (tertiary/aromatic N) is 3. The van der Waals surface area contributed by atoms with Crippen LogP contribution >= 0.6 is 0 Å². The molecule has 0 fully saturated rings. The lowest BCUT2D eigenvalue weighted by molar-refractivity contribution is 0.0693. The van der Waals surface area contributed by atoms with Crippen LogP contribution in [0, 0.1) is 11.8 Å². The highest BCUT2D eigenvalue weighted by Crippen LogP contribution is 2.26. The lowest BCUT2D eigenvalue weighted by Crippen LogP contribution is -1.97. The Kier molecular flexibility index (Phi) is 3.81. The number of rotatable bonds is 2. The molecule has 7 nitrogen and oxygen atoms in total. The predicted molar refractivity (Wildman–Crippen MR) is 57.6 cm³/mol. The summed E-state index contributed by atoms with van der Waals surface area (Å²) in [5.41, 5.74) is 7.67. The van der Waals surface area contributed by atoms with Crippen molar-refractivity contribution in [3.63, 3.8) is 0 Å². The smallest absolute Gasteiger partial charge is 0.339 e. The molecule has 0 aliphatic rings. The Bertz CT molecular complexity index is 565. The molecule has 0 saturated heterocycles. The minimum Gasteiger partial charge on any atom is -0.507 e. The number of carbonyl (C=O) groups is 1. The van der Waals surface area contributed by atoms with Crippen molar-refractivity contribution in [3.05, 3.63) is 33.7 Å². The molecule has 0 bridgehead atoms. The summed E-state index contributed by atoms with van der Waals surface area (Å²) in [5, 5.41) is 30.5. The van der Waals surface area contributed by atoms with E-state index >= 15 is 0 Å². The zero-order chi connectivity index (χ0) is 12.8. The number of phenols is 2. The van der Waals surface area contributed by atoms with Crippen molar-refractivity contribution < 1.29 is 20.1 Å². The summed E-state index contributed by atoms with van der Waals surface area (Å²) in [5.74, 6) is 2.63. The number of aromatic hydroxyl groups is 2. The highest BCUT2D eigenvalue weighted by atomic mass is 16.4. The monoisotopic (exact) mass is 233 g/mol. The van der Waals surface area contributed by atoms with Gasteiger partial charge in [0.1, 0.15) is 17.1 Å². The van der Waals surface area contributed by atoms with Crippen LogP contribution in [0.5, 0.6) is 11.5 Å². The van der Waals surface area contributed by atoms with Gasteiger partial charge in [-0.2, -0.15) is 0 Å². The fourth-order valence-electron chi connectivity index (χ4n) is 1.05. The van der Waals surface area contributed by atoms with Crippen LogP contribution in [-0.4, -0.2) is 27.8 Å². The molecule has 0 aromatic heterocycles. The second-order valence-electron chi connectivity index (χ2n) is 2.88. The van der Waals surface area contributed by atoms with Crippen molar-refractivity contribution >= 4 is 5.97 Å². The van der Waals surface area contributed by atoms with Gasteiger partial charge < -0.3 is 15.3 Å². The lowest BCUT2D eigenvalue weighted by Gasteiger charge is -2.02. The molecule has 0 aliphatic carbocycles. The minimum atomic E-state index is -1.33. The molecule has 1 rings (SSSR count). The molecule has 3 N–H and O–H groups in total. The van der Waals surface area contributed by atoms with Crippen molar-refractivity contribution in [2.24, 2.45) is 5.11 Å². The quantitative estimate of drug-likeness (QED) is 0.309. The van der Waals surface area contributed by atoms with E-state index in [-0.39, 0.29) is 23.4 Å². The first-order valence-corrected chi connectivity index (χ1v) is 4.35. The second kappa shape index (κ2) is 5.30. The minimum absolute atomic E-state index is 0.0355. The Balaban J connectivity index is 3.14. The van der Waals surface area contributed by atoms with Gasteiger partial charge in [-0.25, -0.2) is 4.79 Å². The van der Waals surface area contributed by atoms with Crippen LogP contribution in [0.3, 0.4) is 0 Å². The lowest BCUT2D eigenvalue weighted by atomic mass is 10.1. The molecular weight excluding hydrogens is 226 g/mol. The van der Waals surface area contributed by atoms with Crippen LogP contribution in [0.2, 0.25) is 0 Å². The topological polar surface area (TPSA) is 127 Å². The van der Waals surface area contributed by atoms with E-state index in [0.717, 1.165) is 12.1 Å². The number of aromatic carboxylic acids is 1. The summed E-state index contributed by atoms with van der Waals surface area (Å²) < 4.78 is 0. The molecular formula is C10H7N3O4. The Hall–Kier alpha value is -2.84. The van der Waals surface area contributed by atoms with Crippen LogP contribution in [-0.2, 0) is 0 Å². The van der Waals surface area contributed by atoms with Crippen molar-refractivity contribution in [2.45, 2.75) is 0 Å². The third kappa shape index (κ3) is 3.06. The Morgan fingerprint density at radius 2 is 2.12 bits per heavy atom. The summed E-state index contributed by atoms with van der Waals surface area (Å²) in [6.45, 7) is -0.0980. The summed E-state index contributed by atoms with van der Waals surface area (Å²) >= 11 is 0. The molecule has 0 amide bonds. The second-order valence-corrected chi connectivity index (χ2v) is 2.88. The first-order valence-electron chi connectivity index (χ1n) is 4.35. The number of benzene rings is 1. The van der Waals surface area contributed by atoms with E-state index in [0.29, 0.717) is 0 Å². The van der Waals surface area contributed by atoms with Gasteiger partial charge in [0.2, 0.25) is 0 Å². The fourth-order valence-corrected chi connectivity index (χ4v) is 1.05. The average molecular weight is 233 g/mol. The first-order chi connectivity index (χ1) is 8.06. The van der Waals surface area contributed by atoms with Crippen molar-refractivity contribution in [3.8, 4) is 23.3 Å². The Morgan fingerprint density at radius 1 is 1.41 bits per heavy atom. The maximum atomic E-state index is 10.7. The highest BCUT2D eigenvalue weighted by Gasteiger charge is 2.12. The van der Waals surface area contributed by atoms with Crippen molar-refractivity contribution in [2.75, 3.05) is 6.54 Å². The van der Waals surface area contributed by atoms with Gasteiger partial charge >= 0.3 is 5.97 Å². The zero-order valence-electron chi connectivity index (χ0n) is 8.45. The van der Waals surface area contributed by atoms with Crippen LogP contribution in [0.1, 0.15) is 15.9 Å². The first kappa shape index (κ1) is 12.2. The van der Waals surface area contributed by atoms with Crippen molar-refractivity contribution in [1.82, 2.24) is 0 Å². The van der Waals surface area contributed by atoms with E-state index < -0.39 is 11.7 Å². The van der Waals surface area contributed by atoms with Gasteiger partial charge in [0.15, 0.2) is 0 Å². The molecule has 1 aromatic rings. The predicted octanol–water partition coefficient (Wildman–Crippen LogP) is 1.46. The standard InChI is InChI=1S/C10H7N3O4/c11-13-12-3-1-2-6-4-7(10(16)17)9(15)5-8(6)14/h4-5,14-15H,3H2,(H,16,17). The summed E-state index contributed by atoms with van der Waals surface area (Å²) in [6.07, 6.45) is 0. The Labute approximate surface area is 95.6 Å². The molecule has 0 heterocycles. The van der Waals surface area contributed by atoms with Gasteiger partial charge in [-0.15, -0.1) is 0 Å². The van der Waals surface area contributed by atoms with Crippen LogP contribution in [0.4, 0.5) is 0 Å². The normalized spacial score (nSPS) is 8.71. The number of hydrogen-bond donors (Lipinski definition) is 3. The van der Waals surface area contributed by atoms with E-state index in [9.17, 15) is 15.0 Å².